The van der Waals surface area contributed by atoms with Crippen LogP contribution in [0.2, 0.25) is 0 Å². The standard InChI is InChI=1S/C21H21N3O5/c22-20(27)15-6-8-17(9-7-15)23-18(25)13-29-21(28)16-10-19(26)24(12-16)11-14-4-2-1-3-5-14/h1-9,16H,10-13H2,(H2,22,27)(H,23,25)/t16-/m0/s1. The third-order valence-electron chi connectivity index (χ3n) is 4.56. The van der Waals surface area contributed by atoms with E-state index in [0.29, 0.717) is 17.8 Å². The lowest BCUT2D eigenvalue weighted by Gasteiger charge is -2.16. The van der Waals surface area contributed by atoms with Crippen LogP contribution in [0.25, 0.3) is 0 Å². The van der Waals surface area contributed by atoms with Gasteiger partial charge in [0, 0.05) is 30.8 Å². The van der Waals surface area contributed by atoms with Gasteiger partial charge >= 0.3 is 5.97 Å². The molecule has 3 amide bonds. The molecule has 1 fully saturated rings. The normalized spacial score (nSPS) is 15.8. The minimum atomic E-state index is -0.589. The lowest BCUT2D eigenvalue weighted by atomic mass is 10.1. The van der Waals surface area contributed by atoms with Gasteiger partial charge in [-0.3, -0.25) is 19.2 Å². The smallest absolute Gasteiger partial charge is 0.311 e. The number of nitrogens with two attached hydrogens (primary N) is 1. The number of nitrogens with zero attached hydrogens (tertiary/aromatic N) is 1. The lowest BCUT2D eigenvalue weighted by molar-refractivity contribution is -0.151. The van der Waals surface area contributed by atoms with Crippen LogP contribution in [0.3, 0.4) is 0 Å². The number of nitrogens with one attached hydrogen (secondary N) is 1. The summed E-state index contributed by atoms with van der Waals surface area (Å²) in [6.45, 7) is 0.244. The zero-order valence-corrected chi connectivity index (χ0v) is 15.7. The molecule has 8 heteroatoms. The number of carbonyl (C=O) groups excluding carboxylic acids is 4. The van der Waals surface area contributed by atoms with Crippen LogP contribution in [-0.2, 0) is 25.7 Å². The second-order valence-electron chi connectivity index (χ2n) is 6.76. The van der Waals surface area contributed by atoms with Crippen LogP contribution in [0, 0.1) is 5.92 Å². The topological polar surface area (TPSA) is 119 Å². The van der Waals surface area contributed by atoms with E-state index >= 15 is 0 Å². The van der Waals surface area contributed by atoms with Gasteiger partial charge in [-0.2, -0.15) is 0 Å². The highest BCUT2D eigenvalue weighted by molar-refractivity contribution is 5.96. The van der Waals surface area contributed by atoms with Gasteiger partial charge in [-0.1, -0.05) is 30.3 Å². The number of rotatable bonds is 7. The second-order valence-corrected chi connectivity index (χ2v) is 6.76. The summed E-state index contributed by atoms with van der Waals surface area (Å²) in [5.74, 6) is -2.36. The van der Waals surface area contributed by atoms with E-state index in [0.717, 1.165) is 5.56 Å². The minimum Gasteiger partial charge on any atom is -0.455 e. The molecule has 2 aromatic carbocycles. The summed E-state index contributed by atoms with van der Waals surface area (Å²) in [5, 5.41) is 2.56. The van der Waals surface area contributed by atoms with E-state index in [1.807, 2.05) is 30.3 Å². The number of ether oxygens (including phenoxy) is 1. The molecule has 3 N–H and O–H groups in total. The SMILES string of the molecule is NC(=O)c1ccc(NC(=O)COC(=O)[C@H]2CC(=O)N(Cc3ccccc3)C2)cc1. The quantitative estimate of drug-likeness (QED) is 0.685. The van der Waals surface area contributed by atoms with E-state index < -0.39 is 30.3 Å². The molecule has 1 heterocycles. The highest BCUT2D eigenvalue weighted by Crippen LogP contribution is 2.21. The molecule has 1 saturated heterocycles. The van der Waals surface area contributed by atoms with Crippen LogP contribution in [0.15, 0.2) is 54.6 Å². The first-order chi connectivity index (χ1) is 13.9. The second kappa shape index (κ2) is 9.01. The van der Waals surface area contributed by atoms with Crippen molar-refractivity contribution < 1.29 is 23.9 Å². The molecule has 0 aromatic heterocycles. The number of esters is 1. The van der Waals surface area contributed by atoms with Gasteiger partial charge in [0.2, 0.25) is 11.8 Å². The Morgan fingerprint density at radius 2 is 1.76 bits per heavy atom. The van der Waals surface area contributed by atoms with Gasteiger partial charge in [-0.25, -0.2) is 0 Å². The molecule has 8 nitrogen and oxygen atoms in total. The summed E-state index contributed by atoms with van der Waals surface area (Å²) >= 11 is 0. The predicted octanol–water partition coefficient (Wildman–Crippen LogP) is 1.32. The van der Waals surface area contributed by atoms with Crippen molar-refractivity contribution in [3.8, 4) is 0 Å². The van der Waals surface area contributed by atoms with Crippen molar-refractivity contribution >= 4 is 29.4 Å². The molecule has 1 aliphatic heterocycles. The molecule has 0 bridgehead atoms. The largest absolute Gasteiger partial charge is 0.455 e. The van der Waals surface area contributed by atoms with Crippen LogP contribution in [0.5, 0.6) is 0 Å². The number of primary amides is 1. The summed E-state index contributed by atoms with van der Waals surface area (Å²) < 4.78 is 5.06. The van der Waals surface area contributed by atoms with Crippen LogP contribution in [0.4, 0.5) is 5.69 Å². The Morgan fingerprint density at radius 1 is 1.07 bits per heavy atom. The summed E-state index contributed by atoms with van der Waals surface area (Å²) in [6.07, 6.45) is 0.0713. The van der Waals surface area contributed by atoms with E-state index in [4.69, 9.17) is 10.5 Å². The van der Waals surface area contributed by atoms with E-state index in [-0.39, 0.29) is 18.9 Å². The fourth-order valence-electron chi connectivity index (χ4n) is 3.06. The maximum Gasteiger partial charge on any atom is 0.311 e. The van der Waals surface area contributed by atoms with Gasteiger partial charge in [-0.05, 0) is 29.8 Å². The van der Waals surface area contributed by atoms with Gasteiger partial charge in [0.15, 0.2) is 6.61 Å². The van der Waals surface area contributed by atoms with Gasteiger partial charge in [0.25, 0.3) is 5.91 Å². The van der Waals surface area contributed by atoms with E-state index in [1.54, 1.807) is 4.90 Å². The Kier molecular flexibility index (Phi) is 6.23. The first kappa shape index (κ1) is 20.1. The number of amides is 3. The number of anilines is 1. The van der Waals surface area contributed by atoms with Crippen molar-refractivity contribution in [2.75, 3.05) is 18.5 Å². The van der Waals surface area contributed by atoms with Crippen molar-refractivity contribution in [3.05, 3.63) is 65.7 Å². The first-order valence-corrected chi connectivity index (χ1v) is 9.10. The molecule has 0 unspecified atom stereocenters. The third-order valence-corrected chi connectivity index (χ3v) is 4.56. The molecule has 0 saturated carbocycles. The number of carbonyl (C=O) groups is 4. The maximum atomic E-state index is 12.2. The van der Waals surface area contributed by atoms with Gasteiger partial charge in [0.05, 0.1) is 5.92 Å². The molecule has 29 heavy (non-hydrogen) atoms. The Morgan fingerprint density at radius 3 is 2.41 bits per heavy atom. The van der Waals surface area contributed by atoms with Crippen molar-refractivity contribution in [3.63, 3.8) is 0 Å². The molecule has 1 atom stereocenters. The third kappa shape index (κ3) is 5.41. The lowest BCUT2D eigenvalue weighted by Crippen LogP contribution is -2.28. The van der Waals surface area contributed by atoms with Crippen LogP contribution < -0.4 is 11.1 Å². The van der Waals surface area contributed by atoms with Gasteiger partial charge < -0.3 is 20.7 Å². The Hall–Kier alpha value is -3.68. The first-order valence-electron chi connectivity index (χ1n) is 9.10. The van der Waals surface area contributed by atoms with Crippen molar-refractivity contribution in [2.24, 2.45) is 11.7 Å². The number of hydrogen-bond acceptors (Lipinski definition) is 5. The molecule has 150 valence electrons. The monoisotopic (exact) mass is 395 g/mol. The molecular formula is C21H21N3O5. The van der Waals surface area contributed by atoms with Crippen LogP contribution >= 0.6 is 0 Å². The molecular weight excluding hydrogens is 374 g/mol. The number of benzene rings is 2. The fourth-order valence-corrected chi connectivity index (χ4v) is 3.06. The van der Waals surface area contributed by atoms with Crippen molar-refractivity contribution in [2.45, 2.75) is 13.0 Å². The van der Waals surface area contributed by atoms with E-state index in [1.165, 1.54) is 24.3 Å². The molecule has 0 spiro atoms. The van der Waals surface area contributed by atoms with Crippen LogP contribution in [-0.4, -0.2) is 41.7 Å². The summed E-state index contributed by atoms with van der Waals surface area (Å²) in [5.41, 5.74) is 6.91. The number of likely N-dealkylation sites (tertiary alicyclic amines) is 1. The van der Waals surface area contributed by atoms with Gasteiger partial charge in [0.1, 0.15) is 0 Å². The summed E-state index contributed by atoms with van der Waals surface area (Å²) in [6, 6.07) is 15.5. The Labute approximate surface area is 167 Å². The molecule has 0 aliphatic carbocycles. The minimum absolute atomic E-state index is 0.0713. The summed E-state index contributed by atoms with van der Waals surface area (Å²) in [4.78, 5) is 49.0. The van der Waals surface area contributed by atoms with Crippen molar-refractivity contribution in [1.29, 1.82) is 0 Å². The highest BCUT2D eigenvalue weighted by atomic mass is 16.5. The number of hydrogen-bond donors (Lipinski definition) is 2. The van der Waals surface area contributed by atoms with E-state index in [2.05, 4.69) is 5.32 Å². The average molecular weight is 395 g/mol. The summed E-state index contributed by atoms with van der Waals surface area (Å²) in [7, 11) is 0. The molecule has 1 aliphatic rings. The maximum absolute atomic E-state index is 12.2. The molecule has 2 aromatic rings. The Balaban J connectivity index is 1.46. The zero-order valence-electron chi connectivity index (χ0n) is 15.7. The zero-order chi connectivity index (χ0) is 20.8. The molecule has 3 rings (SSSR count). The Bertz CT molecular complexity index is 912. The van der Waals surface area contributed by atoms with E-state index in [9.17, 15) is 19.2 Å². The van der Waals surface area contributed by atoms with Gasteiger partial charge in [-0.15, -0.1) is 0 Å². The highest BCUT2D eigenvalue weighted by Gasteiger charge is 2.35. The average Bonchev–Trinajstić information content (AvgIpc) is 3.08. The fraction of sp³-hybridized carbons (Fsp3) is 0.238. The predicted molar refractivity (Wildman–Crippen MR) is 105 cm³/mol. The van der Waals surface area contributed by atoms with Crippen LogP contribution in [0.1, 0.15) is 22.3 Å². The molecule has 0 radical (unpaired) electrons. The van der Waals surface area contributed by atoms with Crippen molar-refractivity contribution in [1.82, 2.24) is 4.90 Å².